The molecule has 28 heteroatoms. The normalized spacial score (nSPS) is 14.2. The Hall–Kier alpha value is -11.6. The second-order valence-corrected chi connectivity index (χ2v) is 35.3. The third-order valence-corrected chi connectivity index (χ3v) is 25.1. The molecule has 13 rings (SSSR count). The number of benzene rings is 8. The molecule has 612 valence electrons. The van der Waals surface area contributed by atoms with Crippen molar-refractivity contribution < 1.29 is 52.6 Å². The van der Waals surface area contributed by atoms with Gasteiger partial charge in [-0.3, -0.25) is 0 Å². The van der Waals surface area contributed by atoms with E-state index < -0.39 is 40.1 Å². The van der Waals surface area contributed by atoms with Gasteiger partial charge in [-0.05, 0) is 193 Å². The van der Waals surface area contributed by atoms with Crippen molar-refractivity contribution in [3.8, 4) is 45.7 Å². The molecule has 0 saturated carbocycles. The van der Waals surface area contributed by atoms with Gasteiger partial charge in [0, 0.05) is 79.3 Å². The summed E-state index contributed by atoms with van der Waals surface area (Å²) >= 11 is 0. The lowest BCUT2D eigenvalue weighted by atomic mass is 10.1. The van der Waals surface area contributed by atoms with Crippen LogP contribution in [0.5, 0.6) is 23.0 Å². The molecule has 0 spiro atoms. The molecule has 1 saturated heterocycles. The summed E-state index contributed by atoms with van der Waals surface area (Å²) in [6.45, 7) is 20.1. The van der Waals surface area contributed by atoms with Gasteiger partial charge in [-0.15, -0.1) is 0 Å². The molecule has 3 atom stereocenters. The predicted octanol–water partition coefficient (Wildman–Crippen LogP) is 16.6. The molecular formula is C89H100N12O12S4. The van der Waals surface area contributed by atoms with Gasteiger partial charge in [0.1, 0.15) is 23.0 Å². The number of hydrogen-bond acceptors (Lipinski definition) is 16. The van der Waals surface area contributed by atoms with Crippen LogP contribution in [0.4, 0.5) is 0 Å². The molecule has 0 aliphatic carbocycles. The van der Waals surface area contributed by atoms with E-state index in [-0.39, 0.29) is 18.1 Å². The minimum absolute atomic E-state index is 0.210. The third kappa shape index (κ3) is 24.0. The summed E-state index contributed by atoms with van der Waals surface area (Å²) in [6.07, 6.45) is 21.4. The molecule has 2 N–H and O–H groups in total. The minimum Gasteiger partial charge on any atom is -0.495 e. The first-order valence-electron chi connectivity index (χ1n) is 37.5. The lowest BCUT2D eigenvalue weighted by Crippen LogP contribution is -2.28. The van der Waals surface area contributed by atoms with Crippen LogP contribution >= 0.6 is 0 Å². The quantitative estimate of drug-likeness (QED) is 0.0510. The Bertz CT molecular complexity index is 5820. The van der Waals surface area contributed by atoms with E-state index in [2.05, 4.69) is 29.4 Å². The van der Waals surface area contributed by atoms with Crippen molar-refractivity contribution in [1.82, 2.24) is 56.3 Å². The molecular weight excluding hydrogens is 1560 g/mol. The molecule has 0 amide bonds. The number of nitrogens with zero attached hydrogens (tertiary/aromatic N) is 10. The molecule has 0 radical (unpaired) electrons. The van der Waals surface area contributed by atoms with Gasteiger partial charge in [-0.25, -0.2) is 63.1 Å². The molecule has 5 heterocycles. The number of nitrogens with one attached hydrogen (secondary N) is 2. The molecule has 4 aromatic heterocycles. The van der Waals surface area contributed by atoms with Crippen LogP contribution < -0.4 is 28.4 Å². The van der Waals surface area contributed by atoms with E-state index in [1.54, 1.807) is 108 Å². The van der Waals surface area contributed by atoms with Crippen molar-refractivity contribution in [3.63, 3.8) is 0 Å². The Morgan fingerprint density at radius 3 is 1.09 bits per heavy atom. The highest BCUT2D eigenvalue weighted by Crippen LogP contribution is 2.37. The van der Waals surface area contributed by atoms with Crippen LogP contribution in [0.2, 0.25) is 0 Å². The number of hydrogen-bond donors (Lipinski definition) is 2. The first kappa shape index (κ1) is 87.8. The topological polar surface area (TPSA) is 275 Å². The third-order valence-electron chi connectivity index (χ3n) is 19.1. The van der Waals surface area contributed by atoms with E-state index in [9.17, 15) is 33.7 Å². The number of methoxy groups -OCH3 is 4. The van der Waals surface area contributed by atoms with Gasteiger partial charge in [0.05, 0.1) is 104 Å². The van der Waals surface area contributed by atoms with Crippen molar-refractivity contribution >= 4 is 64.4 Å². The molecule has 24 nitrogen and oxygen atoms in total. The van der Waals surface area contributed by atoms with Gasteiger partial charge in [0.15, 0.2) is 0 Å². The van der Waals surface area contributed by atoms with Gasteiger partial charge < -0.3 is 37.2 Å². The van der Waals surface area contributed by atoms with Gasteiger partial charge in [-0.2, -0.15) is 8.61 Å². The summed E-state index contributed by atoms with van der Waals surface area (Å²) in [5.41, 5.74) is 17.1. The van der Waals surface area contributed by atoms with Crippen molar-refractivity contribution in [2.45, 2.75) is 100 Å². The lowest BCUT2D eigenvalue weighted by molar-refractivity contribution is 0.369. The largest absolute Gasteiger partial charge is 0.495 e. The average Bonchev–Trinajstić information content (AvgIpc) is 1.63. The van der Waals surface area contributed by atoms with E-state index in [1.807, 2.05) is 270 Å². The fraction of sp³-hybridized carbons (Fsp3) is 0.236. The van der Waals surface area contributed by atoms with Crippen LogP contribution in [-0.2, 0) is 46.6 Å². The smallest absolute Gasteiger partial charge is 0.239 e. The summed E-state index contributed by atoms with van der Waals surface area (Å²) < 4.78 is 139. The van der Waals surface area contributed by atoms with Crippen molar-refractivity contribution in [2.75, 3.05) is 42.0 Å². The Morgan fingerprint density at radius 2 is 0.761 bits per heavy atom. The average molecular weight is 1660 g/mol. The van der Waals surface area contributed by atoms with Crippen LogP contribution in [0.1, 0.15) is 129 Å². The first-order valence-corrected chi connectivity index (χ1v) is 43.5. The fourth-order valence-electron chi connectivity index (χ4n) is 12.6. The Labute approximate surface area is 688 Å². The summed E-state index contributed by atoms with van der Waals surface area (Å²) in [5, 5.41) is 3.56. The number of aryl methyl sites for hydroxylation is 7. The highest BCUT2D eigenvalue weighted by molar-refractivity contribution is 7.93. The standard InChI is InChI=1S/C24H27N3O3S.2C22H25N3O3S.C21H23N3O3S/c1-17-5-8-21(9-6-17)19(3)27-12-11-22(31(27,28)29)13-20-7-10-23(24(14-20)30-4)26-15-18(2)25-16-26;2*1-16-5-8-20(9-6-16)18(3)24-29(26,27)12-11-19-7-10-21(22(13-19)28-4)25-14-17(2)23-15-25;1-17-14-24(16-22-17)20-10-9-18(13-21(20)27-3)11-12-28(25,26)23(2)15-19-7-5-4-6-8-19/h5-10,13-16,19H,11-12H2,1-4H3;2*5-15,18,24H,1-4H3;4-14,16H,15H2,1-3H3/b22-13+;3*12-11+/t;2*18-;/m.10./s1. The highest BCUT2D eigenvalue weighted by atomic mass is 32.2. The summed E-state index contributed by atoms with van der Waals surface area (Å²) in [5.74, 6) is 2.55. The van der Waals surface area contributed by atoms with Crippen LogP contribution in [0.25, 0.3) is 47.1 Å². The maximum Gasteiger partial charge on any atom is 0.239 e. The zero-order chi connectivity index (χ0) is 84.4. The lowest BCUT2D eigenvalue weighted by Gasteiger charge is -2.23. The zero-order valence-corrected chi connectivity index (χ0v) is 71.5. The second kappa shape index (κ2) is 39.4. The van der Waals surface area contributed by atoms with E-state index in [0.717, 1.165) is 107 Å². The second-order valence-electron chi connectivity index (χ2n) is 28.3. The number of imidazole rings is 4. The van der Waals surface area contributed by atoms with Crippen molar-refractivity contribution in [2.24, 2.45) is 0 Å². The number of aromatic nitrogens is 8. The number of rotatable bonds is 26. The SMILES string of the molecule is COc1cc(/C=C/S(=O)(=O)N(C)Cc2ccccc2)ccc1-n1cnc(C)c1.COc1cc(/C=C/S(=O)(=O)N[C@@H](C)c2ccc(C)cc2)ccc1-n1cnc(C)c1.COc1cc(/C=C/S(=O)(=O)N[C@H](C)c2ccc(C)cc2)ccc1-n1cnc(C)c1.COc1cc(/C=C2\CCN(C(C)c3ccc(C)cc3)S2(=O)=O)ccc1-n1cnc(C)c1. The molecule has 1 aliphatic rings. The van der Waals surface area contributed by atoms with Gasteiger partial charge in [0.2, 0.25) is 40.1 Å². The molecule has 12 aromatic rings. The van der Waals surface area contributed by atoms with Gasteiger partial charge in [0.25, 0.3) is 0 Å². The van der Waals surface area contributed by atoms with Crippen LogP contribution in [-0.4, -0.2) is 123 Å². The summed E-state index contributed by atoms with van der Waals surface area (Å²) in [6, 6.07) is 54.4. The monoisotopic (exact) mass is 1660 g/mol. The zero-order valence-electron chi connectivity index (χ0n) is 68.3. The molecule has 1 aliphatic heterocycles. The first-order chi connectivity index (χ1) is 55.7. The summed E-state index contributed by atoms with van der Waals surface area (Å²) in [4.78, 5) is 17.4. The molecule has 8 aromatic carbocycles. The van der Waals surface area contributed by atoms with Gasteiger partial charge >= 0.3 is 0 Å². The van der Waals surface area contributed by atoms with Crippen LogP contribution in [0.15, 0.2) is 247 Å². The van der Waals surface area contributed by atoms with Gasteiger partial charge in [-0.1, -0.05) is 144 Å². The van der Waals surface area contributed by atoms with E-state index in [0.29, 0.717) is 47.4 Å². The number of ether oxygens (including phenoxy) is 4. The van der Waals surface area contributed by atoms with Crippen LogP contribution in [0.3, 0.4) is 0 Å². The molecule has 0 bridgehead atoms. The highest BCUT2D eigenvalue weighted by Gasteiger charge is 2.37. The van der Waals surface area contributed by atoms with E-state index >= 15 is 0 Å². The Balaban J connectivity index is 0.000000165. The maximum atomic E-state index is 13.2. The summed E-state index contributed by atoms with van der Waals surface area (Å²) in [7, 11) is -6.35. The number of sulfonamides is 4. The van der Waals surface area contributed by atoms with Crippen LogP contribution in [0, 0.1) is 48.5 Å². The Morgan fingerprint density at radius 1 is 0.436 bits per heavy atom. The fourth-order valence-corrected chi connectivity index (χ4v) is 17.3. The molecule has 117 heavy (non-hydrogen) atoms. The molecule has 1 fully saturated rings. The maximum absolute atomic E-state index is 13.2. The van der Waals surface area contributed by atoms with E-state index in [4.69, 9.17) is 18.9 Å². The van der Waals surface area contributed by atoms with Crippen molar-refractivity contribution in [3.05, 3.63) is 331 Å². The minimum atomic E-state index is -3.60. The molecule has 1 unspecified atom stereocenters. The Kier molecular flexibility index (Phi) is 29.5. The van der Waals surface area contributed by atoms with E-state index in [1.165, 1.54) is 20.5 Å². The van der Waals surface area contributed by atoms with Crippen molar-refractivity contribution in [1.29, 1.82) is 0 Å². The predicted molar refractivity (Wildman–Crippen MR) is 464 cm³/mol.